The number of amides is 1. The smallest absolute Gasteiger partial charge is 0.329 e. The average molecular weight is 376 g/mol. The number of aryl methyl sites for hydroxylation is 2. The SMILES string of the molecule is Cn1c(=O)n(CC(=O)N2CCC3(CCc4ccccc43)CC2)c2cnccc21. The van der Waals surface area contributed by atoms with Crippen LogP contribution >= 0.6 is 0 Å². The molecular weight excluding hydrogens is 352 g/mol. The van der Waals surface area contributed by atoms with E-state index in [1.165, 1.54) is 17.5 Å². The molecular formula is C22H24N4O2. The largest absolute Gasteiger partial charge is 0.341 e. The lowest BCUT2D eigenvalue weighted by atomic mass is 9.74. The second-order valence-electron chi connectivity index (χ2n) is 8.11. The topological polar surface area (TPSA) is 60.1 Å². The summed E-state index contributed by atoms with van der Waals surface area (Å²) in [6.45, 7) is 1.58. The number of fused-ring (bicyclic) bond motifs is 3. The van der Waals surface area contributed by atoms with Gasteiger partial charge in [0.05, 0.1) is 17.2 Å². The van der Waals surface area contributed by atoms with Crippen LogP contribution in [0.25, 0.3) is 11.0 Å². The van der Waals surface area contributed by atoms with E-state index >= 15 is 0 Å². The van der Waals surface area contributed by atoms with Gasteiger partial charge in [0.1, 0.15) is 6.54 Å². The minimum absolute atomic E-state index is 0.0135. The number of aromatic nitrogens is 3. The van der Waals surface area contributed by atoms with E-state index in [-0.39, 0.29) is 23.6 Å². The van der Waals surface area contributed by atoms with Crippen molar-refractivity contribution in [2.45, 2.75) is 37.6 Å². The lowest BCUT2D eigenvalue weighted by Gasteiger charge is -2.40. The van der Waals surface area contributed by atoms with Gasteiger partial charge in [0.25, 0.3) is 0 Å². The van der Waals surface area contributed by atoms with Crippen LogP contribution in [0.1, 0.15) is 30.4 Å². The quantitative estimate of drug-likeness (QED) is 0.689. The van der Waals surface area contributed by atoms with Crippen molar-refractivity contribution < 1.29 is 4.79 Å². The van der Waals surface area contributed by atoms with Crippen LogP contribution in [0.5, 0.6) is 0 Å². The molecule has 2 aliphatic rings. The molecule has 0 unspecified atom stereocenters. The normalized spacial score (nSPS) is 18.0. The molecule has 144 valence electrons. The standard InChI is InChI=1S/C22H24N4O2/c1-24-18-7-11-23-14-19(18)26(21(24)28)15-20(27)25-12-9-22(10-13-25)8-6-16-4-2-3-5-17(16)22/h2-5,7,11,14H,6,8-10,12-13,15H2,1H3. The van der Waals surface area contributed by atoms with E-state index in [4.69, 9.17) is 0 Å². The number of rotatable bonds is 2. The summed E-state index contributed by atoms with van der Waals surface area (Å²) in [5.74, 6) is 0.0135. The Kier molecular flexibility index (Phi) is 3.89. The Hall–Kier alpha value is -2.89. The van der Waals surface area contributed by atoms with E-state index in [0.29, 0.717) is 5.52 Å². The molecule has 2 aromatic heterocycles. The van der Waals surface area contributed by atoms with Gasteiger partial charge in [-0.25, -0.2) is 4.79 Å². The highest BCUT2D eigenvalue weighted by atomic mass is 16.2. The van der Waals surface area contributed by atoms with E-state index in [1.54, 1.807) is 34.6 Å². The number of benzene rings is 1. The van der Waals surface area contributed by atoms with Gasteiger partial charge in [-0.2, -0.15) is 0 Å². The molecule has 3 aromatic rings. The van der Waals surface area contributed by atoms with Gasteiger partial charge in [0.15, 0.2) is 0 Å². The number of imidazole rings is 1. The Morgan fingerprint density at radius 3 is 2.71 bits per heavy atom. The molecule has 3 heterocycles. The van der Waals surface area contributed by atoms with Gasteiger partial charge in [0, 0.05) is 26.3 Å². The molecule has 1 amide bonds. The Morgan fingerprint density at radius 1 is 1.11 bits per heavy atom. The van der Waals surface area contributed by atoms with E-state index in [1.807, 2.05) is 4.90 Å². The van der Waals surface area contributed by atoms with Crippen molar-refractivity contribution in [1.82, 2.24) is 19.0 Å². The predicted molar refractivity (Wildman–Crippen MR) is 107 cm³/mol. The van der Waals surface area contributed by atoms with Gasteiger partial charge >= 0.3 is 5.69 Å². The van der Waals surface area contributed by atoms with Crippen LogP contribution in [-0.4, -0.2) is 38.0 Å². The first-order valence-electron chi connectivity index (χ1n) is 9.94. The van der Waals surface area contributed by atoms with Gasteiger partial charge in [0.2, 0.25) is 5.91 Å². The lowest BCUT2D eigenvalue weighted by Crippen LogP contribution is -2.46. The van der Waals surface area contributed by atoms with Crippen molar-refractivity contribution >= 4 is 16.9 Å². The van der Waals surface area contributed by atoms with Crippen molar-refractivity contribution in [3.05, 3.63) is 64.3 Å². The number of carbonyl (C=O) groups is 1. The third kappa shape index (κ3) is 2.51. The number of hydrogen-bond donors (Lipinski definition) is 0. The molecule has 6 nitrogen and oxygen atoms in total. The monoisotopic (exact) mass is 376 g/mol. The molecule has 0 radical (unpaired) electrons. The summed E-state index contributed by atoms with van der Waals surface area (Å²) < 4.78 is 3.12. The zero-order valence-corrected chi connectivity index (χ0v) is 16.1. The maximum Gasteiger partial charge on any atom is 0.329 e. The highest BCUT2D eigenvalue weighted by molar-refractivity contribution is 5.80. The van der Waals surface area contributed by atoms with Gasteiger partial charge < -0.3 is 4.90 Å². The molecule has 0 N–H and O–H groups in total. The maximum absolute atomic E-state index is 13.0. The highest BCUT2D eigenvalue weighted by Gasteiger charge is 2.41. The van der Waals surface area contributed by atoms with Gasteiger partial charge in [-0.15, -0.1) is 0 Å². The van der Waals surface area contributed by atoms with Crippen molar-refractivity contribution in [3.8, 4) is 0 Å². The molecule has 1 aliphatic heterocycles. The first kappa shape index (κ1) is 17.2. The van der Waals surface area contributed by atoms with Gasteiger partial charge in [-0.1, -0.05) is 24.3 Å². The zero-order chi connectivity index (χ0) is 19.3. The fraction of sp³-hybridized carbons (Fsp3) is 0.409. The minimum atomic E-state index is -0.172. The Labute approximate surface area is 163 Å². The molecule has 1 fully saturated rings. The maximum atomic E-state index is 13.0. The summed E-state index contributed by atoms with van der Waals surface area (Å²) in [4.78, 5) is 31.6. The summed E-state index contributed by atoms with van der Waals surface area (Å²) in [6.07, 6.45) is 7.65. The number of hydrogen-bond acceptors (Lipinski definition) is 3. The van der Waals surface area contributed by atoms with Crippen molar-refractivity contribution in [1.29, 1.82) is 0 Å². The number of piperidine rings is 1. The zero-order valence-electron chi connectivity index (χ0n) is 16.1. The second kappa shape index (κ2) is 6.33. The lowest BCUT2D eigenvalue weighted by molar-refractivity contribution is -0.133. The average Bonchev–Trinajstić information content (AvgIpc) is 3.20. The van der Waals surface area contributed by atoms with Crippen molar-refractivity contribution in [2.24, 2.45) is 7.05 Å². The fourth-order valence-corrected chi connectivity index (χ4v) is 5.11. The summed E-state index contributed by atoms with van der Waals surface area (Å²) >= 11 is 0. The van der Waals surface area contributed by atoms with Crippen molar-refractivity contribution in [3.63, 3.8) is 0 Å². The van der Waals surface area contributed by atoms with E-state index in [9.17, 15) is 9.59 Å². The highest BCUT2D eigenvalue weighted by Crippen LogP contribution is 2.46. The number of pyridine rings is 1. The molecule has 1 aliphatic carbocycles. The van der Waals surface area contributed by atoms with Crippen LogP contribution in [0, 0.1) is 0 Å². The van der Waals surface area contributed by atoms with E-state index < -0.39 is 0 Å². The summed E-state index contributed by atoms with van der Waals surface area (Å²) in [5, 5.41) is 0. The molecule has 0 atom stereocenters. The third-order valence-corrected chi connectivity index (χ3v) is 6.78. The first-order chi connectivity index (χ1) is 13.6. The minimum Gasteiger partial charge on any atom is -0.341 e. The molecule has 1 spiro atoms. The summed E-state index contributed by atoms with van der Waals surface area (Å²) in [7, 11) is 1.73. The van der Waals surface area contributed by atoms with E-state index in [0.717, 1.165) is 37.9 Å². The molecule has 0 bridgehead atoms. The fourth-order valence-electron chi connectivity index (χ4n) is 5.11. The summed E-state index contributed by atoms with van der Waals surface area (Å²) in [6, 6.07) is 10.6. The van der Waals surface area contributed by atoms with Crippen LogP contribution in [-0.2, 0) is 30.2 Å². The molecule has 0 saturated carbocycles. The van der Waals surface area contributed by atoms with E-state index in [2.05, 4.69) is 29.2 Å². The molecule has 1 aromatic carbocycles. The third-order valence-electron chi connectivity index (χ3n) is 6.78. The van der Waals surface area contributed by atoms with Crippen molar-refractivity contribution in [2.75, 3.05) is 13.1 Å². The number of nitrogens with zero attached hydrogens (tertiary/aromatic N) is 4. The Balaban J connectivity index is 1.34. The van der Waals surface area contributed by atoms with Gasteiger partial charge in [-0.3, -0.25) is 18.9 Å². The number of likely N-dealkylation sites (tertiary alicyclic amines) is 1. The summed E-state index contributed by atoms with van der Waals surface area (Å²) in [5.41, 5.74) is 4.52. The first-order valence-corrected chi connectivity index (χ1v) is 9.94. The number of carbonyl (C=O) groups excluding carboxylic acids is 1. The Bertz CT molecular complexity index is 1120. The molecule has 6 heteroatoms. The molecule has 5 rings (SSSR count). The van der Waals surface area contributed by atoms with Crippen LogP contribution in [0.3, 0.4) is 0 Å². The second-order valence-corrected chi connectivity index (χ2v) is 8.11. The molecule has 28 heavy (non-hydrogen) atoms. The van der Waals surface area contributed by atoms with Crippen LogP contribution < -0.4 is 5.69 Å². The predicted octanol–water partition coefficient (Wildman–Crippen LogP) is 2.24. The van der Waals surface area contributed by atoms with Crippen LogP contribution in [0.2, 0.25) is 0 Å². The van der Waals surface area contributed by atoms with Gasteiger partial charge in [-0.05, 0) is 48.3 Å². The van der Waals surface area contributed by atoms with Crippen LogP contribution in [0.4, 0.5) is 0 Å². The molecule has 1 saturated heterocycles. The Morgan fingerprint density at radius 2 is 1.89 bits per heavy atom. The van der Waals surface area contributed by atoms with Crippen LogP contribution in [0.15, 0.2) is 47.5 Å².